The SMILES string of the molecule is COC[C@H](C)N[C@H](C)c1ccc(Cl)s1. The first kappa shape index (κ1) is 12.0. The van der Waals surface area contributed by atoms with Crippen LogP contribution in [0.3, 0.4) is 0 Å². The van der Waals surface area contributed by atoms with Gasteiger partial charge in [-0.15, -0.1) is 11.3 Å². The lowest BCUT2D eigenvalue weighted by Crippen LogP contribution is -2.32. The number of rotatable bonds is 5. The van der Waals surface area contributed by atoms with Crippen molar-refractivity contribution >= 4 is 22.9 Å². The number of hydrogen-bond donors (Lipinski definition) is 1. The minimum absolute atomic E-state index is 0.331. The molecule has 0 fully saturated rings. The third-order valence-electron chi connectivity index (χ3n) is 1.97. The standard InChI is InChI=1S/C10H16ClNOS/c1-7(6-13-3)12-8(2)9-4-5-10(11)14-9/h4-5,7-8,12H,6H2,1-3H3/t7-,8+/m0/s1. The molecule has 0 radical (unpaired) electrons. The fourth-order valence-corrected chi connectivity index (χ4v) is 2.44. The van der Waals surface area contributed by atoms with Crippen LogP contribution in [0.15, 0.2) is 12.1 Å². The number of halogens is 1. The van der Waals surface area contributed by atoms with Gasteiger partial charge in [0.05, 0.1) is 10.9 Å². The van der Waals surface area contributed by atoms with Gasteiger partial charge < -0.3 is 10.1 Å². The Kier molecular flexibility index (Phi) is 4.89. The molecule has 0 amide bonds. The van der Waals surface area contributed by atoms with Crippen LogP contribution in [0.5, 0.6) is 0 Å². The van der Waals surface area contributed by atoms with Crippen LogP contribution in [0.25, 0.3) is 0 Å². The molecule has 0 aliphatic rings. The number of thiophene rings is 1. The number of ether oxygens (including phenoxy) is 1. The molecule has 0 aromatic carbocycles. The van der Waals surface area contributed by atoms with Crippen LogP contribution in [0.2, 0.25) is 4.34 Å². The van der Waals surface area contributed by atoms with Gasteiger partial charge in [-0.2, -0.15) is 0 Å². The van der Waals surface area contributed by atoms with E-state index in [9.17, 15) is 0 Å². The van der Waals surface area contributed by atoms with E-state index in [4.69, 9.17) is 16.3 Å². The molecule has 80 valence electrons. The van der Waals surface area contributed by atoms with Crippen LogP contribution in [0.4, 0.5) is 0 Å². The normalized spacial score (nSPS) is 15.4. The molecule has 0 aliphatic heterocycles. The first-order valence-corrected chi connectivity index (χ1v) is 5.83. The van der Waals surface area contributed by atoms with Crippen molar-refractivity contribution in [1.82, 2.24) is 5.32 Å². The number of methoxy groups -OCH3 is 1. The molecule has 1 N–H and O–H groups in total. The number of nitrogens with one attached hydrogen (secondary N) is 1. The Labute approximate surface area is 94.2 Å². The Balaban J connectivity index is 2.45. The van der Waals surface area contributed by atoms with Crippen LogP contribution in [0, 0.1) is 0 Å². The Morgan fingerprint density at radius 2 is 2.21 bits per heavy atom. The van der Waals surface area contributed by atoms with Crippen LogP contribution >= 0.6 is 22.9 Å². The maximum absolute atomic E-state index is 5.87. The van der Waals surface area contributed by atoms with Crippen LogP contribution in [-0.4, -0.2) is 19.8 Å². The van der Waals surface area contributed by atoms with Crippen molar-refractivity contribution in [2.75, 3.05) is 13.7 Å². The van der Waals surface area contributed by atoms with Gasteiger partial charge in [-0.1, -0.05) is 11.6 Å². The molecule has 1 heterocycles. The summed E-state index contributed by atoms with van der Waals surface area (Å²) in [6.07, 6.45) is 0. The summed E-state index contributed by atoms with van der Waals surface area (Å²) in [4.78, 5) is 1.26. The summed E-state index contributed by atoms with van der Waals surface area (Å²) in [6, 6.07) is 4.68. The van der Waals surface area contributed by atoms with E-state index in [1.54, 1.807) is 18.4 Å². The predicted octanol–water partition coefficient (Wildman–Crippen LogP) is 3.09. The summed E-state index contributed by atoms with van der Waals surface area (Å²) in [5.74, 6) is 0. The Bertz CT molecular complexity index is 277. The largest absolute Gasteiger partial charge is 0.383 e. The van der Waals surface area contributed by atoms with E-state index in [0.717, 1.165) is 10.9 Å². The van der Waals surface area contributed by atoms with Crippen LogP contribution in [0.1, 0.15) is 24.8 Å². The van der Waals surface area contributed by atoms with E-state index in [1.165, 1.54) is 4.88 Å². The summed E-state index contributed by atoms with van der Waals surface area (Å²) in [6.45, 7) is 4.97. The summed E-state index contributed by atoms with van der Waals surface area (Å²) in [7, 11) is 1.71. The molecule has 2 atom stereocenters. The van der Waals surface area contributed by atoms with Crippen LogP contribution in [-0.2, 0) is 4.74 Å². The first-order chi connectivity index (χ1) is 6.63. The van der Waals surface area contributed by atoms with E-state index in [0.29, 0.717) is 12.1 Å². The lowest BCUT2D eigenvalue weighted by molar-refractivity contribution is 0.168. The van der Waals surface area contributed by atoms with Crippen molar-refractivity contribution in [3.8, 4) is 0 Å². The van der Waals surface area contributed by atoms with Gasteiger partial charge in [0.25, 0.3) is 0 Å². The molecular formula is C10H16ClNOS. The minimum atomic E-state index is 0.331. The molecule has 0 aliphatic carbocycles. The summed E-state index contributed by atoms with van der Waals surface area (Å²) >= 11 is 7.49. The minimum Gasteiger partial charge on any atom is -0.383 e. The molecule has 2 nitrogen and oxygen atoms in total. The molecule has 14 heavy (non-hydrogen) atoms. The molecule has 0 saturated heterocycles. The molecule has 1 rings (SSSR count). The average Bonchev–Trinajstić information content (AvgIpc) is 2.52. The van der Waals surface area contributed by atoms with E-state index < -0.39 is 0 Å². The van der Waals surface area contributed by atoms with Gasteiger partial charge in [-0.3, -0.25) is 0 Å². The van der Waals surface area contributed by atoms with Crippen molar-refractivity contribution in [1.29, 1.82) is 0 Å². The third kappa shape index (κ3) is 3.58. The van der Waals surface area contributed by atoms with Crippen molar-refractivity contribution < 1.29 is 4.74 Å². The van der Waals surface area contributed by atoms with Gasteiger partial charge in [0.15, 0.2) is 0 Å². The third-order valence-corrected chi connectivity index (χ3v) is 3.39. The van der Waals surface area contributed by atoms with Gasteiger partial charge >= 0.3 is 0 Å². The maximum Gasteiger partial charge on any atom is 0.0931 e. The fraction of sp³-hybridized carbons (Fsp3) is 0.600. The number of hydrogen-bond acceptors (Lipinski definition) is 3. The van der Waals surface area contributed by atoms with Gasteiger partial charge in [-0.25, -0.2) is 0 Å². The predicted molar refractivity (Wildman–Crippen MR) is 62.2 cm³/mol. The highest BCUT2D eigenvalue weighted by molar-refractivity contribution is 7.16. The van der Waals surface area contributed by atoms with Gasteiger partial charge in [0.2, 0.25) is 0 Å². The zero-order valence-corrected chi connectivity index (χ0v) is 10.3. The molecule has 4 heteroatoms. The Morgan fingerprint density at radius 3 is 2.71 bits per heavy atom. The average molecular weight is 234 g/mol. The highest BCUT2D eigenvalue weighted by Crippen LogP contribution is 2.26. The highest BCUT2D eigenvalue weighted by Gasteiger charge is 2.10. The molecule has 1 aromatic heterocycles. The summed E-state index contributed by atoms with van der Waals surface area (Å²) < 4.78 is 5.90. The zero-order chi connectivity index (χ0) is 10.6. The van der Waals surface area contributed by atoms with Crippen molar-refractivity contribution in [3.63, 3.8) is 0 Å². The summed E-state index contributed by atoms with van der Waals surface area (Å²) in [5, 5.41) is 3.44. The quantitative estimate of drug-likeness (QED) is 0.844. The molecule has 0 unspecified atom stereocenters. The van der Waals surface area contributed by atoms with E-state index >= 15 is 0 Å². The van der Waals surface area contributed by atoms with Gasteiger partial charge in [0, 0.05) is 24.1 Å². The lowest BCUT2D eigenvalue weighted by atomic mass is 10.2. The Hall–Kier alpha value is -0.0900. The second-order valence-electron chi connectivity index (χ2n) is 3.39. The fourth-order valence-electron chi connectivity index (χ4n) is 1.37. The maximum atomic E-state index is 5.87. The molecular weight excluding hydrogens is 218 g/mol. The monoisotopic (exact) mass is 233 g/mol. The first-order valence-electron chi connectivity index (χ1n) is 4.63. The Morgan fingerprint density at radius 1 is 1.50 bits per heavy atom. The lowest BCUT2D eigenvalue weighted by Gasteiger charge is -2.18. The second-order valence-corrected chi connectivity index (χ2v) is 5.13. The van der Waals surface area contributed by atoms with E-state index in [2.05, 4.69) is 25.2 Å². The summed E-state index contributed by atoms with van der Waals surface area (Å²) in [5.41, 5.74) is 0. The molecule has 1 aromatic rings. The van der Waals surface area contributed by atoms with Gasteiger partial charge in [-0.05, 0) is 26.0 Å². The molecule has 0 saturated carbocycles. The topological polar surface area (TPSA) is 21.3 Å². The molecule has 0 bridgehead atoms. The smallest absolute Gasteiger partial charge is 0.0931 e. The van der Waals surface area contributed by atoms with E-state index in [-0.39, 0.29) is 0 Å². The molecule has 0 spiro atoms. The van der Waals surface area contributed by atoms with Crippen LogP contribution < -0.4 is 5.32 Å². The zero-order valence-electron chi connectivity index (χ0n) is 8.71. The van der Waals surface area contributed by atoms with Gasteiger partial charge in [0.1, 0.15) is 0 Å². The van der Waals surface area contributed by atoms with E-state index in [1.807, 2.05) is 6.07 Å². The van der Waals surface area contributed by atoms with Crippen molar-refractivity contribution in [2.45, 2.75) is 25.9 Å². The highest BCUT2D eigenvalue weighted by atomic mass is 35.5. The van der Waals surface area contributed by atoms with Crippen molar-refractivity contribution in [3.05, 3.63) is 21.3 Å². The van der Waals surface area contributed by atoms with Crippen molar-refractivity contribution in [2.24, 2.45) is 0 Å². The second kappa shape index (κ2) is 5.71.